The molecular weight excluding hydrogens is 264 g/mol. The molecule has 3 aliphatic carbocycles. The molecule has 2 saturated carbocycles. The summed E-state index contributed by atoms with van der Waals surface area (Å²) >= 11 is 0. The predicted octanol–water partition coefficient (Wildman–Crippen LogP) is 3.40. The number of carbonyl (C=O) groups excluding carboxylic acids is 1. The van der Waals surface area contributed by atoms with Crippen LogP contribution in [-0.2, 0) is 14.3 Å². The monoisotopic (exact) mass is 288 g/mol. The molecule has 0 unspecified atom stereocenters. The van der Waals surface area contributed by atoms with E-state index in [4.69, 9.17) is 9.47 Å². The number of ether oxygens (including phenoxy) is 2. The fraction of sp³-hybridized carbons (Fsp3) is 0.722. The minimum absolute atomic E-state index is 0.0796. The zero-order valence-electron chi connectivity index (χ0n) is 12.8. The fourth-order valence-corrected chi connectivity index (χ4v) is 5.22. The maximum Gasteiger partial charge on any atom is 0.168 e. The average Bonchev–Trinajstić information content (AvgIpc) is 3.05. The van der Waals surface area contributed by atoms with Crippen molar-refractivity contribution in [2.75, 3.05) is 13.2 Å². The van der Waals surface area contributed by atoms with Crippen LogP contribution in [0.2, 0.25) is 0 Å². The van der Waals surface area contributed by atoms with Gasteiger partial charge in [0.2, 0.25) is 0 Å². The summed E-state index contributed by atoms with van der Waals surface area (Å²) in [5.41, 5.74) is 1.22. The Balaban J connectivity index is 1.65. The molecule has 1 saturated heterocycles. The Morgan fingerprint density at radius 2 is 1.81 bits per heavy atom. The lowest BCUT2D eigenvalue weighted by Gasteiger charge is -2.55. The van der Waals surface area contributed by atoms with E-state index in [1.54, 1.807) is 0 Å². The smallest absolute Gasteiger partial charge is 0.168 e. The summed E-state index contributed by atoms with van der Waals surface area (Å²) in [6, 6.07) is 0. The Morgan fingerprint density at radius 1 is 1.14 bits per heavy atom. The number of hydrogen-bond donors (Lipinski definition) is 0. The highest BCUT2D eigenvalue weighted by molar-refractivity contribution is 5.98. The fourth-order valence-electron chi connectivity index (χ4n) is 5.22. The molecule has 21 heavy (non-hydrogen) atoms. The zero-order chi connectivity index (χ0) is 14.7. The van der Waals surface area contributed by atoms with Crippen molar-refractivity contribution in [2.24, 2.45) is 16.7 Å². The molecule has 0 aromatic rings. The van der Waals surface area contributed by atoms with Crippen LogP contribution in [0.4, 0.5) is 0 Å². The first kappa shape index (κ1) is 13.7. The molecule has 0 bridgehead atoms. The van der Waals surface area contributed by atoms with Gasteiger partial charge in [0.15, 0.2) is 11.6 Å². The Hall–Kier alpha value is -0.930. The molecule has 0 amide bonds. The van der Waals surface area contributed by atoms with E-state index in [1.165, 1.54) is 5.57 Å². The number of carbonyl (C=O) groups is 1. The quantitative estimate of drug-likeness (QED) is 0.641. The lowest BCUT2D eigenvalue weighted by Crippen LogP contribution is -2.51. The van der Waals surface area contributed by atoms with Crippen LogP contribution in [0, 0.1) is 16.7 Å². The minimum Gasteiger partial charge on any atom is -0.348 e. The van der Waals surface area contributed by atoms with Crippen molar-refractivity contribution in [2.45, 2.75) is 51.2 Å². The van der Waals surface area contributed by atoms with Crippen molar-refractivity contribution >= 4 is 5.78 Å². The van der Waals surface area contributed by atoms with E-state index in [9.17, 15) is 4.79 Å². The summed E-state index contributed by atoms with van der Waals surface area (Å²) in [7, 11) is 0. The average molecular weight is 288 g/mol. The summed E-state index contributed by atoms with van der Waals surface area (Å²) in [6.45, 7) is 7.98. The predicted molar refractivity (Wildman–Crippen MR) is 79.7 cm³/mol. The maximum absolute atomic E-state index is 12.3. The SMILES string of the molecule is C=C1CC[C@]2(C)C(=O)C=C[C@@H]2C12CCC1(CC2)OCCO1. The van der Waals surface area contributed by atoms with Crippen LogP contribution in [0.3, 0.4) is 0 Å². The van der Waals surface area contributed by atoms with Gasteiger partial charge in [-0.15, -0.1) is 0 Å². The highest BCUT2D eigenvalue weighted by atomic mass is 16.7. The highest BCUT2D eigenvalue weighted by Gasteiger charge is 2.59. The summed E-state index contributed by atoms with van der Waals surface area (Å²) in [4.78, 5) is 12.3. The van der Waals surface area contributed by atoms with Gasteiger partial charge in [0.05, 0.1) is 13.2 Å². The van der Waals surface area contributed by atoms with Gasteiger partial charge in [-0.3, -0.25) is 4.79 Å². The first-order valence-electron chi connectivity index (χ1n) is 8.20. The van der Waals surface area contributed by atoms with Crippen molar-refractivity contribution in [3.8, 4) is 0 Å². The van der Waals surface area contributed by atoms with Crippen LogP contribution in [0.1, 0.15) is 45.4 Å². The number of allylic oxidation sites excluding steroid dienone is 3. The van der Waals surface area contributed by atoms with Gasteiger partial charge in [-0.05, 0) is 43.1 Å². The third-order valence-electron chi connectivity index (χ3n) is 6.65. The summed E-state index contributed by atoms with van der Waals surface area (Å²) in [5, 5.41) is 0. The van der Waals surface area contributed by atoms with E-state index in [0.29, 0.717) is 24.9 Å². The lowest BCUT2D eigenvalue weighted by atomic mass is 9.50. The van der Waals surface area contributed by atoms with Gasteiger partial charge in [0, 0.05) is 18.3 Å². The molecule has 1 aliphatic heterocycles. The molecule has 2 atom stereocenters. The van der Waals surface area contributed by atoms with E-state index in [1.807, 2.05) is 6.08 Å². The molecule has 4 rings (SSSR count). The second-order valence-corrected chi connectivity index (χ2v) is 7.49. The summed E-state index contributed by atoms with van der Waals surface area (Å²) in [6.07, 6.45) is 9.84. The number of hydrogen-bond acceptors (Lipinski definition) is 3. The lowest BCUT2D eigenvalue weighted by molar-refractivity contribution is -0.195. The molecule has 0 aromatic heterocycles. The van der Waals surface area contributed by atoms with Gasteiger partial charge in [-0.1, -0.05) is 25.2 Å². The summed E-state index contributed by atoms with van der Waals surface area (Å²) < 4.78 is 11.7. The third kappa shape index (κ3) is 1.71. The molecule has 0 N–H and O–H groups in total. The molecule has 3 heteroatoms. The first-order valence-corrected chi connectivity index (χ1v) is 8.20. The van der Waals surface area contributed by atoms with Crippen molar-refractivity contribution in [3.05, 3.63) is 24.3 Å². The van der Waals surface area contributed by atoms with Crippen LogP contribution < -0.4 is 0 Å². The van der Waals surface area contributed by atoms with Gasteiger partial charge < -0.3 is 9.47 Å². The van der Waals surface area contributed by atoms with Crippen LogP contribution in [-0.4, -0.2) is 24.8 Å². The van der Waals surface area contributed by atoms with Crippen molar-refractivity contribution in [3.63, 3.8) is 0 Å². The largest absolute Gasteiger partial charge is 0.348 e. The molecule has 0 aromatic carbocycles. The number of fused-ring (bicyclic) bond motifs is 2. The minimum atomic E-state index is -0.342. The topological polar surface area (TPSA) is 35.5 Å². The van der Waals surface area contributed by atoms with E-state index < -0.39 is 0 Å². The Morgan fingerprint density at radius 3 is 2.48 bits per heavy atom. The van der Waals surface area contributed by atoms with Crippen LogP contribution in [0.5, 0.6) is 0 Å². The second kappa shape index (κ2) is 4.30. The van der Waals surface area contributed by atoms with E-state index >= 15 is 0 Å². The molecule has 2 spiro atoms. The molecule has 3 nitrogen and oxygen atoms in total. The Bertz CT molecular complexity index is 517. The molecule has 0 radical (unpaired) electrons. The normalized spacial score (nSPS) is 40.1. The third-order valence-corrected chi connectivity index (χ3v) is 6.65. The first-order chi connectivity index (χ1) is 10.0. The molecular formula is C18H24O3. The molecule has 4 aliphatic rings. The van der Waals surface area contributed by atoms with E-state index in [0.717, 1.165) is 38.5 Å². The van der Waals surface area contributed by atoms with Crippen LogP contribution in [0.25, 0.3) is 0 Å². The highest BCUT2D eigenvalue weighted by Crippen LogP contribution is 2.63. The van der Waals surface area contributed by atoms with Crippen LogP contribution >= 0.6 is 0 Å². The Labute approximate surface area is 126 Å². The Kier molecular flexibility index (Phi) is 2.81. The van der Waals surface area contributed by atoms with E-state index in [-0.39, 0.29) is 16.6 Å². The van der Waals surface area contributed by atoms with Gasteiger partial charge >= 0.3 is 0 Å². The zero-order valence-corrected chi connectivity index (χ0v) is 12.8. The molecule has 3 fully saturated rings. The van der Waals surface area contributed by atoms with Crippen molar-refractivity contribution < 1.29 is 14.3 Å². The van der Waals surface area contributed by atoms with Gasteiger partial charge in [0.1, 0.15) is 0 Å². The summed E-state index contributed by atoms with van der Waals surface area (Å²) in [5.74, 6) is 0.289. The standard InChI is InChI=1S/C18H24O3/c1-13-5-6-16(2)14(3-4-15(16)19)17(13)7-9-18(10-8-17)20-11-12-21-18/h3-4,14H,1,5-12H2,2H3/t14-,16-/m0/s1. The molecule has 114 valence electrons. The van der Waals surface area contributed by atoms with Crippen LogP contribution in [0.15, 0.2) is 24.3 Å². The van der Waals surface area contributed by atoms with Crippen molar-refractivity contribution in [1.82, 2.24) is 0 Å². The number of rotatable bonds is 0. The van der Waals surface area contributed by atoms with E-state index in [2.05, 4.69) is 19.6 Å². The maximum atomic E-state index is 12.3. The van der Waals surface area contributed by atoms with Gasteiger partial charge in [-0.25, -0.2) is 0 Å². The van der Waals surface area contributed by atoms with Gasteiger partial charge in [0.25, 0.3) is 0 Å². The second-order valence-electron chi connectivity index (χ2n) is 7.49. The van der Waals surface area contributed by atoms with Gasteiger partial charge in [-0.2, -0.15) is 0 Å². The van der Waals surface area contributed by atoms with Crippen molar-refractivity contribution in [1.29, 1.82) is 0 Å². The molecule has 1 heterocycles. The number of ketones is 1.